The number of aryl methyl sites for hydroxylation is 1. The summed E-state index contributed by atoms with van der Waals surface area (Å²) in [6.07, 6.45) is 0. The first-order valence-electron chi connectivity index (χ1n) is 7.95. The number of rotatable bonds is 7. The highest BCUT2D eigenvalue weighted by molar-refractivity contribution is 5.99. The van der Waals surface area contributed by atoms with Crippen molar-refractivity contribution < 1.29 is 9.53 Å². The van der Waals surface area contributed by atoms with E-state index < -0.39 is 0 Å². The average molecular weight is 325 g/mol. The van der Waals surface area contributed by atoms with Gasteiger partial charge in [0.15, 0.2) is 0 Å². The van der Waals surface area contributed by atoms with Gasteiger partial charge in [0, 0.05) is 5.69 Å². The minimum absolute atomic E-state index is 0.170. The molecule has 0 radical (unpaired) electrons. The van der Waals surface area contributed by atoms with Crippen LogP contribution in [0.5, 0.6) is 5.75 Å². The molecule has 0 saturated heterocycles. The molecule has 2 aromatic rings. The molecule has 126 valence electrons. The Labute approximate surface area is 142 Å². The second-order valence-electron chi connectivity index (χ2n) is 5.41. The van der Waals surface area contributed by atoms with E-state index in [-0.39, 0.29) is 12.5 Å². The molecule has 0 bridgehead atoms. The van der Waals surface area contributed by atoms with Crippen molar-refractivity contribution in [1.29, 1.82) is 0 Å². The normalized spacial score (nSPS) is 11.0. The molecule has 2 rings (SSSR count). The maximum absolute atomic E-state index is 11.9. The van der Waals surface area contributed by atoms with Crippen LogP contribution < -0.4 is 15.5 Å². The Hall–Kier alpha value is -2.82. The van der Waals surface area contributed by atoms with E-state index in [1.165, 1.54) is 5.56 Å². The lowest BCUT2D eigenvalue weighted by molar-refractivity contribution is -0.119. The van der Waals surface area contributed by atoms with Gasteiger partial charge in [-0.3, -0.25) is 4.79 Å². The maximum atomic E-state index is 11.9. The van der Waals surface area contributed by atoms with Crippen LogP contribution in [0.25, 0.3) is 0 Å². The first kappa shape index (κ1) is 17.5. The highest BCUT2D eigenvalue weighted by atomic mass is 16.5. The zero-order valence-electron chi connectivity index (χ0n) is 14.3. The second kappa shape index (κ2) is 8.72. The van der Waals surface area contributed by atoms with Crippen LogP contribution in [0.2, 0.25) is 0 Å². The molecule has 0 aliphatic rings. The number of amides is 1. The molecule has 0 saturated carbocycles. The Morgan fingerprint density at radius 1 is 1.08 bits per heavy atom. The van der Waals surface area contributed by atoms with Crippen LogP contribution in [0.1, 0.15) is 25.0 Å². The van der Waals surface area contributed by atoms with E-state index in [9.17, 15) is 4.79 Å². The van der Waals surface area contributed by atoms with Crippen molar-refractivity contribution in [3.63, 3.8) is 0 Å². The van der Waals surface area contributed by atoms with Crippen molar-refractivity contribution >= 4 is 17.3 Å². The zero-order valence-corrected chi connectivity index (χ0v) is 14.3. The van der Waals surface area contributed by atoms with Gasteiger partial charge in [0.1, 0.15) is 5.75 Å². The van der Waals surface area contributed by atoms with Gasteiger partial charge >= 0.3 is 0 Å². The number of benzene rings is 2. The molecule has 0 spiro atoms. The largest absolute Gasteiger partial charge is 0.494 e. The number of hydrogen-bond acceptors (Lipinski definition) is 4. The molecular formula is C19H23N3O2. The van der Waals surface area contributed by atoms with Crippen molar-refractivity contribution in [3.8, 4) is 5.75 Å². The predicted molar refractivity (Wildman–Crippen MR) is 97.6 cm³/mol. The summed E-state index contributed by atoms with van der Waals surface area (Å²) in [6, 6.07) is 15.5. The molecule has 0 atom stereocenters. The predicted octanol–water partition coefficient (Wildman–Crippen LogP) is 3.35. The van der Waals surface area contributed by atoms with Crippen molar-refractivity contribution in [2.75, 3.05) is 18.5 Å². The van der Waals surface area contributed by atoms with Crippen LogP contribution in [0.3, 0.4) is 0 Å². The van der Waals surface area contributed by atoms with Crippen LogP contribution >= 0.6 is 0 Å². The second-order valence-corrected chi connectivity index (χ2v) is 5.41. The van der Waals surface area contributed by atoms with E-state index in [0.717, 1.165) is 22.7 Å². The molecule has 0 heterocycles. The highest BCUT2D eigenvalue weighted by Crippen LogP contribution is 2.12. The molecule has 0 fully saturated rings. The summed E-state index contributed by atoms with van der Waals surface area (Å²) in [5.41, 5.74) is 6.32. The summed E-state index contributed by atoms with van der Waals surface area (Å²) < 4.78 is 5.40. The van der Waals surface area contributed by atoms with Gasteiger partial charge in [-0.25, -0.2) is 5.43 Å². The van der Waals surface area contributed by atoms with E-state index in [1.54, 1.807) is 0 Å². The van der Waals surface area contributed by atoms with Gasteiger partial charge in [-0.05, 0) is 62.7 Å². The lowest BCUT2D eigenvalue weighted by Crippen LogP contribution is -2.26. The van der Waals surface area contributed by atoms with E-state index in [4.69, 9.17) is 4.74 Å². The van der Waals surface area contributed by atoms with Gasteiger partial charge in [-0.2, -0.15) is 5.10 Å². The minimum atomic E-state index is -0.194. The maximum Gasteiger partial charge on any atom is 0.259 e. The first-order valence-corrected chi connectivity index (χ1v) is 7.95. The Balaban J connectivity index is 1.84. The third-order valence-electron chi connectivity index (χ3n) is 3.44. The molecular weight excluding hydrogens is 302 g/mol. The fourth-order valence-corrected chi connectivity index (χ4v) is 2.06. The number of carbonyl (C=O) groups excluding carboxylic acids is 1. The molecule has 5 nitrogen and oxygen atoms in total. The third-order valence-corrected chi connectivity index (χ3v) is 3.44. The Morgan fingerprint density at radius 2 is 1.75 bits per heavy atom. The number of anilines is 1. The molecule has 24 heavy (non-hydrogen) atoms. The Kier molecular flexibility index (Phi) is 6.37. The Bertz CT molecular complexity index is 692. The molecule has 0 unspecified atom stereocenters. The van der Waals surface area contributed by atoms with Gasteiger partial charge in [0.25, 0.3) is 5.91 Å². The van der Waals surface area contributed by atoms with Gasteiger partial charge in [-0.1, -0.05) is 17.7 Å². The number of hydrazone groups is 1. The molecule has 0 aliphatic carbocycles. The third kappa shape index (κ3) is 5.43. The smallest absolute Gasteiger partial charge is 0.259 e. The monoisotopic (exact) mass is 325 g/mol. The topological polar surface area (TPSA) is 62.7 Å². The molecule has 1 amide bonds. The van der Waals surface area contributed by atoms with Crippen LogP contribution in [-0.4, -0.2) is 24.8 Å². The lowest BCUT2D eigenvalue weighted by Gasteiger charge is -2.07. The van der Waals surface area contributed by atoms with Crippen LogP contribution in [0.4, 0.5) is 5.69 Å². The fourth-order valence-electron chi connectivity index (χ4n) is 2.06. The summed E-state index contributed by atoms with van der Waals surface area (Å²) in [6.45, 7) is 6.62. The number of ether oxygens (including phenoxy) is 1. The summed E-state index contributed by atoms with van der Waals surface area (Å²) in [5, 5.41) is 7.19. The summed E-state index contributed by atoms with van der Waals surface area (Å²) in [7, 11) is 0. The number of nitrogens with one attached hydrogen (secondary N) is 2. The minimum Gasteiger partial charge on any atom is -0.494 e. The van der Waals surface area contributed by atoms with Gasteiger partial charge in [0.2, 0.25) is 0 Å². The van der Waals surface area contributed by atoms with E-state index in [0.29, 0.717) is 6.61 Å². The molecule has 2 N–H and O–H groups in total. The number of nitrogens with zero attached hydrogens (tertiary/aromatic N) is 1. The fraction of sp³-hybridized carbons (Fsp3) is 0.263. The van der Waals surface area contributed by atoms with E-state index in [1.807, 2.05) is 69.3 Å². The van der Waals surface area contributed by atoms with E-state index in [2.05, 4.69) is 15.8 Å². The quantitative estimate of drug-likeness (QED) is 0.606. The molecule has 5 heteroatoms. The van der Waals surface area contributed by atoms with Crippen LogP contribution in [-0.2, 0) is 4.79 Å². The van der Waals surface area contributed by atoms with Crippen molar-refractivity contribution in [1.82, 2.24) is 5.43 Å². The van der Waals surface area contributed by atoms with Crippen molar-refractivity contribution in [2.45, 2.75) is 20.8 Å². The highest BCUT2D eigenvalue weighted by Gasteiger charge is 2.02. The number of hydrogen-bond donors (Lipinski definition) is 2. The molecule has 0 aromatic heterocycles. The van der Waals surface area contributed by atoms with Crippen molar-refractivity contribution in [2.24, 2.45) is 5.10 Å². The van der Waals surface area contributed by atoms with Gasteiger partial charge < -0.3 is 10.1 Å². The average Bonchev–Trinajstić information content (AvgIpc) is 2.60. The Morgan fingerprint density at radius 3 is 2.38 bits per heavy atom. The first-order chi connectivity index (χ1) is 11.6. The van der Waals surface area contributed by atoms with E-state index >= 15 is 0 Å². The number of carbonyl (C=O) groups is 1. The van der Waals surface area contributed by atoms with Gasteiger partial charge in [-0.15, -0.1) is 0 Å². The molecule has 2 aromatic carbocycles. The van der Waals surface area contributed by atoms with Gasteiger partial charge in [0.05, 0.1) is 18.9 Å². The SMILES string of the molecule is CCOc1ccc(/C(C)=N\NC(=O)CNc2ccc(C)cc2)cc1. The summed E-state index contributed by atoms with van der Waals surface area (Å²) in [4.78, 5) is 11.9. The molecule has 0 aliphatic heterocycles. The van der Waals surface area contributed by atoms with Crippen LogP contribution in [0, 0.1) is 6.92 Å². The van der Waals surface area contributed by atoms with Crippen LogP contribution in [0.15, 0.2) is 53.6 Å². The summed E-state index contributed by atoms with van der Waals surface area (Å²) >= 11 is 0. The standard InChI is InChI=1S/C19H23N3O2/c1-4-24-18-11-7-16(8-12-18)15(3)21-22-19(23)13-20-17-9-5-14(2)6-10-17/h5-12,20H,4,13H2,1-3H3,(H,22,23)/b21-15-. The zero-order chi connectivity index (χ0) is 17.4. The van der Waals surface area contributed by atoms with Crippen molar-refractivity contribution in [3.05, 3.63) is 59.7 Å². The summed E-state index contributed by atoms with van der Waals surface area (Å²) in [5.74, 6) is 0.626. The lowest BCUT2D eigenvalue weighted by atomic mass is 10.1.